The molecule has 24 heavy (non-hydrogen) atoms. The van der Waals surface area contributed by atoms with Crippen molar-refractivity contribution in [2.24, 2.45) is 5.92 Å². The molecule has 1 fully saturated rings. The van der Waals surface area contributed by atoms with E-state index in [4.69, 9.17) is 9.84 Å². The van der Waals surface area contributed by atoms with Crippen molar-refractivity contribution in [1.82, 2.24) is 0 Å². The summed E-state index contributed by atoms with van der Waals surface area (Å²) in [5, 5.41) is 9.03. The molecular weight excluding hydrogens is 440 g/mol. The van der Waals surface area contributed by atoms with E-state index in [0.29, 0.717) is 21.9 Å². The Morgan fingerprint density at radius 2 is 1.58 bits per heavy atom. The summed E-state index contributed by atoms with van der Waals surface area (Å²) in [5.41, 5.74) is 1.10. The number of phenolic OH excluding ortho intramolecular Hbond substituents is 1. The van der Waals surface area contributed by atoms with E-state index in [1.807, 2.05) is 12.1 Å². The average molecular weight is 456 g/mol. The third kappa shape index (κ3) is 5.18. The van der Waals surface area contributed by atoms with Crippen LogP contribution in [-0.2, 0) is 0 Å². The first-order valence-electron chi connectivity index (χ1n) is 7.36. The minimum Gasteiger partial charge on any atom is -0.507 e. The lowest BCUT2D eigenvalue weighted by atomic mass is 10.2. The molecule has 0 bridgehead atoms. The Labute approximate surface area is 157 Å². The van der Waals surface area contributed by atoms with Crippen molar-refractivity contribution in [1.29, 1.82) is 0 Å². The van der Waals surface area contributed by atoms with Crippen LogP contribution in [0.2, 0.25) is 0 Å². The van der Waals surface area contributed by atoms with Gasteiger partial charge in [-0.05, 0) is 62.8 Å². The molecule has 0 atom stereocenters. The number of rotatable bonds is 5. The number of carbonyl (C=O) groups excluding carboxylic acids is 2. The van der Waals surface area contributed by atoms with Crippen molar-refractivity contribution >= 4 is 44.4 Å². The predicted molar refractivity (Wildman–Crippen MR) is 98.9 cm³/mol. The molecule has 6 heteroatoms. The van der Waals surface area contributed by atoms with Crippen LogP contribution in [0.4, 0.5) is 0 Å². The summed E-state index contributed by atoms with van der Waals surface area (Å²) in [4.78, 5) is 20.9. The van der Waals surface area contributed by atoms with Crippen molar-refractivity contribution in [3.63, 3.8) is 0 Å². The fraction of sp³-hybridized carbons (Fsp3) is 0.222. The molecule has 2 aromatic rings. The predicted octanol–water partition coefficient (Wildman–Crippen LogP) is 5.02. The number of aromatic hydroxyl groups is 1. The van der Waals surface area contributed by atoms with Crippen LogP contribution in [0.1, 0.15) is 33.6 Å². The first-order chi connectivity index (χ1) is 11.6. The molecule has 1 N–H and O–H groups in total. The number of halogens is 2. The summed E-state index contributed by atoms with van der Waals surface area (Å²) >= 11 is 6.41. The molecule has 0 aliphatic heterocycles. The van der Waals surface area contributed by atoms with Gasteiger partial charge in [-0.25, -0.2) is 0 Å². The molecule has 0 radical (unpaired) electrons. The van der Waals surface area contributed by atoms with Gasteiger partial charge in [0.15, 0.2) is 12.6 Å². The maximum Gasteiger partial charge on any atom is 0.151 e. The lowest BCUT2D eigenvalue weighted by Crippen LogP contribution is -2.00. The lowest BCUT2D eigenvalue weighted by molar-refractivity contribution is 0.111. The van der Waals surface area contributed by atoms with Crippen molar-refractivity contribution in [3.8, 4) is 11.5 Å². The van der Waals surface area contributed by atoms with Gasteiger partial charge in [-0.1, -0.05) is 24.3 Å². The monoisotopic (exact) mass is 454 g/mol. The Kier molecular flexibility index (Phi) is 6.99. The molecule has 1 aliphatic carbocycles. The Morgan fingerprint density at radius 3 is 2.12 bits per heavy atom. The summed E-state index contributed by atoms with van der Waals surface area (Å²) in [5.74, 6) is 1.58. The normalized spacial score (nSPS) is 12.8. The van der Waals surface area contributed by atoms with E-state index in [-0.39, 0.29) is 5.75 Å². The molecule has 1 aliphatic rings. The molecular formula is C18H16Br2O4. The standard InChI is InChI=1S/C11H11BrO2.C7H5BrO2/c12-11-9(6-13)2-1-3-10(11)14-7-8-4-5-8;8-7-5(4-9)2-1-3-6(7)10/h1-3,6,8H,4-5,7H2;1-4,10H. The second-order valence-electron chi connectivity index (χ2n) is 5.33. The van der Waals surface area contributed by atoms with Gasteiger partial charge in [0.2, 0.25) is 0 Å². The van der Waals surface area contributed by atoms with Gasteiger partial charge in [-0.3, -0.25) is 9.59 Å². The molecule has 0 heterocycles. The molecule has 0 aromatic heterocycles. The van der Waals surface area contributed by atoms with Gasteiger partial charge in [-0.15, -0.1) is 0 Å². The van der Waals surface area contributed by atoms with Crippen molar-refractivity contribution in [2.45, 2.75) is 12.8 Å². The largest absolute Gasteiger partial charge is 0.507 e. The Balaban J connectivity index is 0.000000185. The smallest absolute Gasteiger partial charge is 0.151 e. The summed E-state index contributed by atoms with van der Waals surface area (Å²) in [6.07, 6.45) is 4.05. The van der Waals surface area contributed by atoms with Crippen LogP contribution in [0.15, 0.2) is 45.3 Å². The zero-order valence-electron chi connectivity index (χ0n) is 12.7. The molecule has 126 valence electrons. The fourth-order valence-corrected chi connectivity index (χ4v) is 2.68. The number of carbonyl (C=O) groups is 2. The highest BCUT2D eigenvalue weighted by Crippen LogP contribution is 2.32. The Morgan fingerprint density at radius 1 is 1.00 bits per heavy atom. The molecule has 0 unspecified atom stereocenters. The number of hydrogen-bond acceptors (Lipinski definition) is 4. The number of ether oxygens (including phenoxy) is 1. The maximum atomic E-state index is 10.6. The first-order valence-corrected chi connectivity index (χ1v) is 8.94. The van der Waals surface area contributed by atoms with Gasteiger partial charge in [0.05, 0.1) is 15.6 Å². The van der Waals surface area contributed by atoms with Crippen LogP contribution in [0.5, 0.6) is 11.5 Å². The van der Waals surface area contributed by atoms with E-state index in [9.17, 15) is 9.59 Å². The molecule has 0 amide bonds. The highest BCUT2D eigenvalue weighted by Gasteiger charge is 2.22. The SMILES string of the molecule is O=Cc1cccc(O)c1Br.O=Cc1cccc(OCC2CC2)c1Br. The van der Waals surface area contributed by atoms with Gasteiger partial charge < -0.3 is 9.84 Å². The van der Waals surface area contributed by atoms with Gasteiger partial charge in [0.25, 0.3) is 0 Å². The van der Waals surface area contributed by atoms with Crippen molar-refractivity contribution < 1.29 is 19.4 Å². The quantitative estimate of drug-likeness (QED) is 0.643. The maximum absolute atomic E-state index is 10.6. The molecule has 4 nitrogen and oxygen atoms in total. The van der Waals surface area contributed by atoms with Gasteiger partial charge >= 0.3 is 0 Å². The van der Waals surface area contributed by atoms with Gasteiger partial charge in [0, 0.05) is 11.1 Å². The third-order valence-electron chi connectivity index (χ3n) is 3.43. The zero-order valence-corrected chi connectivity index (χ0v) is 15.9. The molecule has 2 aromatic carbocycles. The van der Waals surface area contributed by atoms with E-state index < -0.39 is 0 Å². The van der Waals surface area contributed by atoms with E-state index in [2.05, 4.69) is 31.9 Å². The highest BCUT2D eigenvalue weighted by atomic mass is 79.9. The van der Waals surface area contributed by atoms with Crippen LogP contribution in [-0.4, -0.2) is 24.3 Å². The molecule has 1 saturated carbocycles. The van der Waals surface area contributed by atoms with Gasteiger partial charge in [0.1, 0.15) is 11.5 Å². The molecule has 0 saturated heterocycles. The summed E-state index contributed by atoms with van der Waals surface area (Å²) < 4.78 is 6.81. The van der Waals surface area contributed by atoms with Crippen molar-refractivity contribution in [2.75, 3.05) is 6.61 Å². The van der Waals surface area contributed by atoms with E-state index in [1.165, 1.54) is 18.9 Å². The summed E-state index contributed by atoms with van der Waals surface area (Å²) in [6, 6.07) is 10.2. The second-order valence-corrected chi connectivity index (χ2v) is 6.92. The van der Waals surface area contributed by atoms with Crippen LogP contribution in [0.3, 0.4) is 0 Å². The Hall–Kier alpha value is -1.66. The van der Waals surface area contributed by atoms with E-state index in [1.54, 1.807) is 18.2 Å². The van der Waals surface area contributed by atoms with Crippen LogP contribution >= 0.6 is 31.9 Å². The summed E-state index contributed by atoms with van der Waals surface area (Å²) in [6.45, 7) is 0.765. The number of hydrogen-bond donors (Lipinski definition) is 1. The van der Waals surface area contributed by atoms with Crippen LogP contribution in [0, 0.1) is 5.92 Å². The van der Waals surface area contributed by atoms with Gasteiger partial charge in [-0.2, -0.15) is 0 Å². The van der Waals surface area contributed by atoms with E-state index in [0.717, 1.165) is 29.0 Å². The second kappa shape index (κ2) is 8.99. The van der Waals surface area contributed by atoms with Crippen LogP contribution < -0.4 is 4.74 Å². The first kappa shape index (κ1) is 18.7. The summed E-state index contributed by atoms with van der Waals surface area (Å²) in [7, 11) is 0. The van der Waals surface area contributed by atoms with Crippen molar-refractivity contribution in [3.05, 3.63) is 56.5 Å². The third-order valence-corrected chi connectivity index (χ3v) is 5.14. The fourth-order valence-electron chi connectivity index (χ4n) is 1.85. The van der Waals surface area contributed by atoms with E-state index >= 15 is 0 Å². The highest BCUT2D eigenvalue weighted by molar-refractivity contribution is 9.11. The molecule has 3 rings (SSSR count). The Bertz CT molecular complexity index is 727. The zero-order chi connectivity index (χ0) is 17.5. The average Bonchev–Trinajstić information content (AvgIpc) is 3.41. The minimum atomic E-state index is 0.0876. The lowest BCUT2D eigenvalue weighted by Gasteiger charge is -2.08. The molecule has 0 spiro atoms. The number of benzene rings is 2. The number of phenols is 1. The topological polar surface area (TPSA) is 63.6 Å². The van der Waals surface area contributed by atoms with Crippen LogP contribution in [0.25, 0.3) is 0 Å². The number of aldehydes is 2. The minimum absolute atomic E-state index is 0.0876.